The molecular formula is C20H22Cl2N6O. The molecule has 7 nitrogen and oxygen atoms in total. The SMILES string of the molecule is CCOc1cc(-c2ccc(N3C[C@@H]4C[C@H]3CN4)nc2)c2c(C#N)cnn2c1.Cl.Cl. The number of piperazine rings is 1. The molecule has 2 aliphatic heterocycles. The Morgan fingerprint density at radius 3 is 2.79 bits per heavy atom. The molecule has 0 spiro atoms. The van der Waals surface area contributed by atoms with Crippen LogP contribution in [0.1, 0.15) is 18.9 Å². The highest BCUT2D eigenvalue weighted by Gasteiger charge is 2.38. The second kappa shape index (κ2) is 8.46. The van der Waals surface area contributed by atoms with Crippen molar-refractivity contribution in [3.8, 4) is 22.9 Å². The summed E-state index contributed by atoms with van der Waals surface area (Å²) in [5.41, 5.74) is 3.17. The molecule has 2 aliphatic rings. The molecule has 0 unspecified atom stereocenters. The van der Waals surface area contributed by atoms with Crippen LogP contribution in [0.5, 0.6) is 5.75 Å². The molecule has 0 aliphatic carbocycles. The maximum absolute atomic E-state index is 9.45. The first kappa shape index (κ1) is 21.2. The van der Waals surface area contributed by atoms with Crippen LogP contribution in [0.2, 0.25) is 0 Å². The van der Waals surface area contributed by atoms with Gasteiger partial charge in [-0.05, 0) is 31.5 Å². The molecule has 29 heavy (non-hydrogen) atoms. The highest BCUT2D eigenvalue weighted by Crippen LogP contribution is 2.33. The van der Waals surface area contributed by atoms with Gasteiger partial charge in [-0.1, -0.05) is 0 Å². The lowest BCUT2D eigenvalue weighted by Gasteiger charge is -2.28. The highest BCUT2D eigenvalue weighted by atomic mass is 35.5. The maximum atomic E-state index is 9.45. The number of hydrogen-bond acceptors (Lipinski definition) is 6. The van der Waals surface area contributed by atoms with Crippen molar-refractivity contribution < 1.29 is 4.74 Å². The predicted octanol–water partition coefficient (Wildman–Crippen LogP) is 3.06. The van der Waals surface area contributed by atoms with Crippen molar-refractivity contribution in [2.45, 2.75) is 25.4 Å². The van der Waals surface area contributed by atoms with Gasteiger partial charge in [-0.2, -0.15) is 10.4 Å². The van der Waals surface area contributed by atoms with E-state index < -0.39 is 0 Å². The Morgan fingerprint density at radius 1 is 1.31 bits per heavy atom. The predicted molar refractivity (Wildman–Crippen MR) is 116 cm³/mol. The van der Waals surface area contributed by atoms with Crippen LogP contribution in [-0.4, -0.2) is 46.4 Å². The summed E-state index contributed by atoms with van der Waals surface area (Å²) in [7, 11) is 0. The van der Waals surface area contributed by atoms with E-state index in [0.29, 0.717) is 24.3 Å². The number of nitrogens with one attached hydrogen (secondary N) is 1. The van der Waals surface area contributed by atoms with Crippen LogP contribution in [0.4, 0.5) is 5.82 Å². The number of halogens is 2. The van der Waals surface area contributed by atoms with E-state index in [1.54, 1.807) is 16.9 Å². The van der Waals surface area contributed by atoms with E-state index in [9.17, 15) is 5.26 Å². The zero-order chi connectivity index (χ0) is 18.4. The Bertz CT molecular complexity index is 1050. The van der Waals surface area contributed by atoms with E-state index in [1.807, 2.05) is 19.2 Å². The summed E-state index contributed by atoms with van der Waals surface area (Å²) in [6.45, 7) is 4.57. The van der Waals surface area contributed by atoms with Crippen LogP contribution in [-0.2, 0) is 0 Å². The molecule has 2 fully saturated rings. The minimum absolute atomic E-state index is 0. The smallest absolute Gasteiger partial charge is 0.138 e. The average molecular weight is 433 g/mol. The van der Waals surface area contributed by atoms with Gasteiger partial charge in [-0.15, -0.1) is 24.8 Å². The van der Waals surface area contributed by atoms with Gasteiger partial charge in [0.05, 0.1) is 30.1 Å². The minimum Gasteiger partial charge on any atom is -0.492 e. The van der Waals surface area contributed by atoms with E-state index >= 15 is 0 Å². The van der Waals surface area contributed by atoms with Gasteiger partial charge >= 0.3 is 0 Å². The number of aromatic nitrogens is 3. The summed E-state index contributed by atoms with van der Waals surface area (Å²) in [5, 5.41) is 17.3. The number of ether oxygens (including phenoxy) is 1. The monoisotopic (exact) mass is 432 g/mol. The molecule has 152 valence electrons. The van der Waals surface area contributed by atoms with Crippen LogP contribution >= 0.6 is 24.8 Å². The molecule has 0 aromatic carbocycles. The molecule has 0 saturated carbocycles. The summed E-state index contributed by atoms with van der Waals surface area (Å²) in [6.07, 6.45) is 6.47. The summed E-state index contributed by atoms with van der Waals surface area (Å²) in [6, 6.07) is 9.46. The van der Waals surface area contributed by atoms with Gasteiger partial charge in [0.15, 0.2) is 0 Å². The highest BCUT2D eigenvalue weighted by molar-refractivity contribution is 5.86. The Hall–Kier alpha value is -2.53. The number of pyridine rings is 2. The first-order valence-corrected chi connectivity index (χ1v) is 9.27. The second-order valence-corrected chi connectivity index (χ2v) is 7.04. The van der Waals surface area contributed by atoms with Gasteiger partial charge in [0.25, 0.3) is 0 Å². The van der Waals surface area contributed by atoms with Gasteiger partial charge in [0, 0.05) is 42.5 Å². The Kier molecular flexibility index (Phi) is 6.18. The number of nitrogens with zero attached hydrogens (tertiary/aromatic N) is 5. The minimum atomic E-state index is 0. The summed E-state index contributed by atoms with van der Waals surface area (Å²) >= 11 is 0. The lowest BCUT2D eigenvalue weighted by molar-refractivity contribution is 0.338. The first-order chi connectivity index (χ1) is 13.3. The summed E-state index contributed by atoms with van der Waals surface area (Å²) < 4.78 is 7.38. The van der Waals surface area contributed by atoms with Crippen molar-refractivity contribution >= 4 is 36.1 Å². The molecule has 3 aromatic heterocycles. The van der Waals surface area contributed by atoms with Gasteiger partial charge in [-0.25, -0.2) is 9.50 Å². The molecule has 5 rings (SSSR count). The van der Waals surface area contributed by atoms with Gasteiger partial charge < -0.3 is 15.0 Å². The molecule has 0 amide bonds. The van der Waals surface area contributed by atoms with Crippen molar-refractivity contribution in [3.05, 3.63) is 42.4 Å². The van der Waals surface area contributed by atoms with Gasteiger partial charge in [0.1, 0.15) is 17.6 Å². The third-order valence-corrected chi connectivity index (χ3v) is 5.43. The molecule has 3 aromatic rings. The van der Waals surface area contributed by atoms with Crippen molar-refractivity contribution in [2.24, 2.45) is 0 Å². The fourth-order valence-electron chi connectivity index (χ4n) is 4.20. The fourth-order valence-corrected chi connectivity index (χ4v) is 4.20. The van der Waals surface area contributed by atoms with Gasteiger partial charge in [0.2, 0.25) is 0 Å². The van der Waals surface area contributed by atoms with Crippen LogP contribution in [0.15, 0.2) is 36.8 Å². The number of hydrogen-bond donors (Lipinski definition) is 1. The first-order valence-electron chi connectivity index (χ1n) is 9.27. The van der Waals surface area contributed by atoms with E-state index in [-0.39, 0.29) is 24.8 Å². The molecule has 0 radical (unpaired) electrons. The topological polar surface area (TPSA) is 78.5 Å². The Balaban J connectivity index is 0.00000120. The Labute approximate surface area is 181 Å². The third kappa shape index (κ3) is 3.60. The number of fused-ring (bicyclic) bond motifs is 3. The maximum Gasteiger partial charge on any atom is 0.138 e. The fraction of sp³-hybridized carbons (Fsp3) is 0.350. The summed E-state index contributed by atoms with van der Waals surface area (Å²) in [4.78, 5) is 7.11. The molecule has 1 N–H and O–H groups in total. The lowest BCUT2D eigenvalue weighted by Crippen LogP contribution is -2.43. The standard InChI is InChI=1S/C20H20N6O.2ClH/c1-2-27-17-6-18(20-14(7-21)9-24-26(20)12-17)13-3-4-19(23-8-13)25-11-15-5-16(25)10-22-15;;/h3-4,6,8-9,12,15-16,22H,2,5,10-11H2,1H3;2*1H/t15-,16-;;/m0../s1. The zero-order valence-electron chi connectivity index (χ0n) is 15.9. The third-order valence-electron chi connectivity index (χ3n) is 5.43. The molecule has 2 atom stereocenters. The van der Waals surface area contributed by atoms with Crippen molar-refractivity contribution in [1.29, 1.82) is 5.26 Å². The van der Waals surface area contributed by atoms with E-state index in [4.69, 9.17) is 9.72 Å². The van der Waals surface area contributed by atoms with E-state index in [0.717, 1.165) is 41.3 Å². The largest absolute Gasteiger partial charge is 0.492 e. The lowest BCUT2D eigenvalue weighted by atomic mass is 10.1. The van der Waals surface area contributed by atoms with E-state index in [2.05, 4.69) is 33.5 Å². The normalized spacial score (nSPS) is 19.5. The number of nitriles is 1. The van der Waals surface area contributed by atoms with Crippen LogP contribution < -0.4 is 15.0 Å². The molecule has 2 bridgehead atoms. The van der Waals surface area contributed by atoms with Crippen LogP contribution in [0.3, 0.4) is 0 Å². The molecule has 9 heteroatoms. The molecule has 2 saturated heterocycles. The zero-order valence-corrected chi connectivity index (χ0v) is 17.5. The van der Waals surface area contributed by atoms with Crippen molar-refractivity contribution in [1.82, 2.24) is 19.9 Å². The summed E-state index contributed by atoms with van der Waals surface area (Å²) in [5.74, 6) is 1.73. The number of rotatable bonds is 4. The molecular weight excluding hydrogens is 411 g/mol. The van der Waals surface area contributed by atoms with Crippen LogP contribution in [0.25, 0.3) is 16.6 Å². The van der Waals surface area contributed by atoms with Crippen molar-refractivity contribution in [3.63, 3.8) is 0 Å². The van der Waals surface area contributed by atoms with Crippen LogP contribution in [0, 0.1) is 11.3 Å². The Morgan fingerprint density at radius 2 is 2.17 bits per heavy atom. The molecule has 5 heterocycles. The quantitative estimate of drug-likeness (QED) is 0.682. The van der Waals surface area contributed by atoms with E-state index in [1.165, 1.54) is 6.42 Å². The average Bonchev–Trinajstić information content (AvgIpc) is 3.43. The van der Waals surface area contributed by atoms with Gasteiger partial charge in [-0.3, -0.25) is 0 Å². The second-order valence-electron chi connectivity index (χ2n) is 7.04. The van der Waals surface area contributed by atoms with Crippen molar-refractivity contribution in [2.75, 3.05) is 24.6 Å². The number of anilines is 1.